The van der Waals surface area contributed by atoms with E-state index in [2.05, 4.69) is 9.88 Å². The van der Waals surface area contributed by atoms with Crippen LogP contribution in [0, 0.1) is 6.92 Å². The topological polar surface area (TPSA) is 75.1 Å². The van der Waals surface area contributed by atoms with E-state index in [1.165, 1.54) is 0 Å². The Morgan fingerprint density at radius 1 is 1.17 bits per heavy atom. The number of morpholine rings is 2. The van der Waals surface area contributed by atoms with Gasteiger partial charge in [0.15, 0.2) is 0 Å². The van der Waals surface area contributed by atoms with Crippen LogP contribution in [-0.4, -0.2) is 77.9 Å². The third-order valence-electron chi connectivity index (χ3n) is 5.72. The van der Waals surface area contributed by atoms with Crippen LogP contribution in [0.15, 0.2) is 42.7 Å². The normalized spacial score (nSPS) is 23.1. The highest BCUT2D eigenvalue weighted by Gasteiger charge is 2.38. The maximum atomic E-state index is 13.5. The number of pyridine rings is 1. The van der Waals surface area contributed by atoms with Gasteiger partial charge in [0.2, 0.25) is 0 Å². The number of phenols is 1. The fraction of sp³-hybridized carbons (Fsp3) is 0.455. The van der Waals surface area contributed by atoms with Crippen LogP contribution in [0.3, 0.4) is 0 Å². The van der Waals surface area contributed by atoms with Gasteiger partial charge >= 0.3 is 0 Å². The Bertz CT molecular complexity index is 839. The molecule has 2 atom stereocenters. The average Bonchev–Trinajstić information content (AvgIpc) is 2.76. The van der Waals surface area contributed by atoms with E-state index in [4.69, 9.17) is 9.47 Å². The van der Waals surface area contributed by atoms with Gasteiger partial charge in [-0.3, -0.25) is 14.7 Å². The number of carbonyl (C=O) groups excluding carboxylic acids is 1. The second-order valence-corrected chi connectivity index (χ2v) is 7.50. The molecule has 0 bridgehead atoms. The summed E-state index contributed by atoms with van der Waals surface area (Å²) in [5, 5.41) is 10.1. The molecule has 0 aliphatic carbocycles. The number of phenolic OH excluding ortho intramolecular Hbond substituents is 1. The molecule has 0 saturated carbocycles. The van der Waals surface area contributed by atoms with Gasteiger partial charge in [-0.1, -0.05) is 12.1 Å². The summed E-state index contributed by atoms with van der Waals surface area (Å²) in [7, 11) is 0. The first kappa shape index (κ1) is 19.8. The Balaban J connectivity index is 1.65. The molecule has 1 amide bonds. The van der Waals surface area contributed by atoms with Gasteiger partial charge in [-0.05, 0) is 30.7 Å². The lowest BCUT2D eigenvalue weighted by Gasteiger charge is -2.43. The van der Waals surface area contributed by atoms with Gasteiger partial charge in [0, 0.05) is 49.7 Å². The average molecular weight is 397 g/mol. The van der Waals surface area contributed by atoms with Crippen molar-refractivity contribution in [3.63, 3.8) is 0 Å². The smallest absolute Gasteiger partial charge is 0.254 e. The number of nitrogens with zero attached hydrogens (tertiary/aromatic N) is 3. The molecule has 4 rings (SSSR count). The monoisotopic (exact) mass is 397 g/mol. The van der Waals surface area contributed by atoms with E-state index >= 15 is 0 Å². The van der Waals surface area contributed by atoms with Crippen molar-refractivity contribution in [3.05, 3.63) is 59.4 Å². The summed E-state index contributed by atoms with van der Waals surface area (Å²) in [6.45, 7) is 6.63. The first-order chi connectivity index (χ1) is 14.1. The minimum atomic E-state index is -0.241. The molecule has 7 heteroatoms. The minimum absolute atomic E-state index is 0.0949. The fourth-order valence-corrected chi connectivity index (χ4v) is 4.11. The second kappa shape index (κ2) is 8.90. The SMILES string of the molecule is Cc1c(O)cccc1C(=O)N1CCO[C@@H](CN2CCOCC2)[C@@H]1c1cccnc1. The van der Waals surface area contributed by atoms with E-state index in [9.17, 15) is 9.90 Å². The van der Waals surface area contributed by atoms with Crippen LogP contribution in [0.25, 0.3) is 0 Å². The summed E-state index contributed by atoms with van der Waals surface area (Å²) < 4.78 is 11.6. The van der Waals surface area contributed by atoms with Crippen molar-refractivity contribution < 1.29 is 19.4 Å². The van der Waals surface area contributed by atoms with Crippen LogP contribution >= 0.6 is 0 Å². The Morgan fingerprint density at radius 3 is 2.76 bits per heavy atom. The van der Waals surface area contributed by atoms with Crippen molar-refractivity contribution in [2.24, 2.45) is 0 Å². The molecule has 0 unspecified atom stereocenters. The highest BCUT2D eigenvalue weighted by atomic mass is 16.5. The van der Waals surface area contributed by atoms with Crippen LogP contribution in [-0.2, 0) is 9.47 Å². The van der Waals surface area contributed by atoms with Crippen molar-refractivity contribution in [2.75, 3.05) is 46.0 Å². The van der Waals surface area contributed by atoms with Crippen LogP contribution < -0.4 is 0 Å². The van der Waals surface area contributed by atoms with E-state index in [-0.39, 0.29) is 23.8 Å². The summed E-state index contributed by atoms with van der Waals surface area (Å²) >= 11 is 0. The number of hydrogen-bond acceptors (Lipinski definition) is 6. The van der Waals surface area contributed by atoms with Crippen molar-refractivity contribution in [1.29, 1.82) is 0 Å². The fourth-order valence-electron chi connectivity index (χ4n) is 4.11. The molecule has 0 radical (unpaired) electrons. The summed E-state index contributed by atoms with van der Waals surface area (Å²) in [6.07, 6.45) is 3.38. The lowest BCUT2D eigenvalue weighted by Crippen LogP contribution is -2.53. The second-order valence-electron chi connectivity index (χ2n) is 7.50. The Morgan fingerprint density at radius 2 is 2.00 bits per heavy atom. The van der Waals surface area contributed by atoms with Crippen LogP contribution in [0.5, 0.6) is 5.75 Å². The van der Waals surface area contributed by atoms with Crippen LogP contribution in [0.4, 0.5) is 0 Å². The van der Waals surface area contributed by atoms with E-state index in [1.54, 1.807) is 37.5 Å². The molecular weight excluding hydrogens is 370 g/mol. The lowest BCUT2D eigenvalue weighted by molar-refractivity contribution is -0.0819. The molecule has 1 N–H and O–H groups in total. The molecule has 1 aromatic heterocycles. The predicted molar refractivity (Wildman–Crippen MR) is 108 cm³/mol. The van der Waals surface area contributed by atoms with Crippen molar-refractivity contribution in [1.82, 2.24) is 14.8 Å². The van der Waals surface area contributed by atoms with Gasteiger partial charge in [0.1, 0.15) is 5.75 Å². The van der Waals surface area contributed by atoms with Crippen molar-refractivity contribution in [2.45, 2.75) is 19.1 Å². The zero-order chi connectivity index (χ0) is 20.2. The predicted octanol–water partition coefficient (Wildman–Crippen LogP) is 2.01. The summed E-state index contributed by atoms with van der Waals surface area (Å²) in [6, 6.07) is 8.72. The molecule has 2 aliphatic rings. The number of benzene rings is 1. The van der Waals surface area contributed by atoms with Gasteiger partial charge < -0.3 is 19.5 Å². The number of aromatic hydroxyl groups is 1. The van der Waals surface area contributed by atoms with Crippen LogP contribution in [0.1, 0.15) is 27.5 Å². The quantitative estimate of drug-likeness (QED) is 0.851. The molecule has 3 heterocycles. The first-order valence-corrected chi connectivity index (χ1v) is 10.1. The number of rotatable bonds is 4. The third kappa shape index (κ3) is 4.27. The van der Waals surface area contributed by atoms with Gasteiger partial charge in [-0.25, -0.2) is 0 Å². The molecule has 0 spiro atoms. The molecule has 2 aliphatic heterocycles. The number of ether oxygens (including phenoxy) is 2. The lowest BCUT2D eigenvalue weighted by atomic mass is 9.96. The summed E-state index contributed by atoms with van der Waals surface area (Å²) in [5.41, 5.74) is 2.07. The van der Waals surface area contributed by atoms with Gasteiger partial charge in [-0.15, -0.1) is 0 Å². The van der Waals surface area contributed by atoms with Gasteiger partial charge in [-0.2, -0.15) is 0 Å². The van der Waals surface area contributed by atoms with Gasteiger partial charge in [0.25, 0.3) is 5.91 Å². The number of aromatic nitrogens is 1. The summed E-state index contributed by atoms with van der Waals surface area (Å²) in [5.74, 6) is 0.0365. The molecular formula is C22H27N3O4. The van der Waals surface area contributed by atoms with Crippen LogP contribution in [0.2, 0.25) is 0 Å². The number of hydrogen-bond donors (Lipinski definition) is 1. The highest BCUT2D eigenvalue weighted by molar-refractivity contribution is 5.96. The third-order valence-corrected chi connectivity index (χ3v) is 5.72. The Kier molecular flexibility index (Phi) is 6.08. The largest absolute Gasteiger partial charge is 0.508 e. The van der Waals surface area contributed by atoms with Crippen molar-refractivity contribution >= 4 is 5.91 Å². The van der Waals surface area contributed by atoms with E-state index in [0.29, 0.717) is 24.3 Å². The minimum Gasteiger partial charge on any atom is -0.508 e. The standard InChI is InChI=1S/C22H27N3O4/c1-16-18(5-2-6-19(16)26)22(27)25-10-13-29-20(15-24-8-11-28-12-9-24)21(25)17-4-3-7-23-14-17/h2-7,14,20-21,26H,8-13,15H2,1H3/t20-,21-/m0/s1. The molecule has 29 heavy (non-hydrogen) atoms. The molecule has 2 aromatic rings. The maximum Gasteiger partial charge on any atom is 0.254 e. The first-order valence-electron chi connectivity index (χ1n) is 10.1. The molecule has 154 valence electrons. The zero-order valence-electron chi connectivity index (χ0n) is 16.7. The molecule has 2 fully saturated rings. The maximum absolute atomic E-state index is 13.5. The Labute approximate surface area is 170 Å². The number of amides is 1. The number of carbonyl (C=O) groups is 1. The molecule has 7 nitrogen and oxygen atoms in total. The van der Waals surface area contributed by atoms with E-state index in [1.807, 2.05) is 17.0 Å². The van der Waals surface area contributed by atoms with E-state index in [0.717, 1.165) is 38.4 Å². The van der Waals surface area contributed by atoms with Crippen molar-refractivity contribution in [3.8, 4) is 5.75 Å². The van der Waals surface area contributed by atoms with Gasteiger partial charge in [0.05, 0.1) is 32.0 Å². The van der Waals surface area contributed by atoms with E-state index < -0.39 is 0 Å². The highest BCUT2D eigenvalue weighted by Crippen LogP contribution is 2.32. The molecule has 1 aromatic carbocycles. The molecule has 2 saturated heterocycles. The zero-order valence-corrected chi connectivity index (χ0v) is 16.7. The summed E-state index contributed by atoms with van der Waals surface area (Å²) in [4.78, 5) is 22.0. The Hall–Kier alpha value is -2.48.